The molecule has 13 heteroatoms. The molecular weight excluding hydrogens is 633 g/mol. The van der Waals surface area contributed by atoms with E-state index in [4.69, 9.17) is 13.7 Å². The van der Waals surface area contributed by atoms with E-state index in [1.54, 1.807) is 0 Å². The number of benzene rings is 1. The summed E-state index contributed by atoms with van der Waals surface area (Å²) in [6.45, 7) is -1.40. The summed E-state index contributed by atoms with van der Waals surface area (Å²) in [7, 11) is -11.0. The third-order valence-corrected chi connectivity index (χ3v) is 18.2. The number of alkyl halides is 2. The Bertz CT molecular complexity index is 1430. The maximum absolute atomic E-state index is 14.3. The van der Waals surface area contributed by atoms with Gasteiger partial charge < -0.3 is 17.8 Å². The zero-order valence-electron chi connectivity index (χ0n) is 24.6. The zero-order chi connectivity index (χ0) is 30.4. The molecule has 44 heavy (non-hydrogen) atoms. The first-order valence-corrected chi connectivity index (χ1v) is 20.5. The van der Waals surface area contributed by atoms with Crippen LogP contribution in [0.1, 0.15) is 64.2 Å². The topological polar surface area (TPSA) is 113 Å². The Morgan fingerprint density at radius 1 is 0.818 bits per heavy atom. The SMILES string of the molecule is O=S(=O)([N-]S(=O)(=O)C(F)(F)COCC1CO1)Oc1ccc([S+](C2CC3CC2C2CCCC32)C2CC3CC2C2CCCC32)cc1. The third-order valence-electron chi connectivity index (χ3n) is 12.2. The Kier molecular flexibility index (Phi) is 7.61. The molecule has 6 saturated carbocycles. The van der Waals surface area contributed by atoms with Crippen molar-refractivity contribution in [3.05, 3.63) is 28.4 Å². The van der Waals surface area contributed by atoms with E-state index in [9.17, 15) is 25.6 Å². The van der Waals surface area contributed by atoms with E-state index in [0.29, 0.717) is 17.1 Å². The summed E-state index contributed by atoms with van der Waals surface area (Å²) in [5.74, 6) is 6.62. The van der Waals surface area contributed by atoms with Crippen LogP contribution in [0.2, 0.25) is 0 Å². The lowest BCUT2D eigenvalue weighted by Gasteiger charge is -2.37. The van der Waals surface area contributed by atoms with Crippen LogP contribution >= 0.6 is 0 Å². The van der Waals surface area contributed by atoms with E-state index >= 15 is 0 Å². The summed E-state index contributed by atoms with van der Waals surface area (Å²) in [4.78, 5) is 1.22. The Labute approximate surface area is 262 Å². The van der Waals surface area contributed by atoms with Crippen LogP contribution in [0.5, 0.6) is 5.75 Å². The molecule has 8 rings (SSSR count). The number of rotatable bonds is 12. The smallest absolute Gasteiger partial charge is 0.352 e. The number of nitrogens with zero attached hydrogens (tertiary/aromatic N) is 1. The molecule has 0 spiro atoms. The maximum atomic E-state index is 14.3. The van der Waals surface area contributed by atoms with E-state index < -0.39 is 32.2 Å². The van der Waals surface area contributed by atoms with Crippen molar-refractivity contribution in [2.24, 2.45) is 47.3 Å². The summed E-state index contributed by atoms with van der Waals surface area (Å²) in [5.41, 5.74) is 0. The second-order valence-electron chi connectivity index (χ2n) is 14.4. The van der Waals surface area contributed by atoms with Gasteiger partial charge in [0.05, 0.1) is 13.2 Å². The molecule has 4 bridgehead atoms. The highest BCUT2D eigenvalue weighted by Crippen LogP contribution is 2.65. The van der Waals surface area contributed by atoms with Gasteiger partial charge in [0, 0.05) is 22.7 Å². The number of hydrogen-bond donors (Lipinski definition) is 0. The van der Waals surface area contributed by atoms with E-state index in [0.717, 1.165) is 47.3 Å². The molecule has 0 aromatic heterocycles. The number of hydrogen-bond acceptors (Lipinski definition) is 7. The number of fused-ring (bicyclic) bond motifs is 10. The van der Waals surface area contributed by atoms with Gasteiger partial charge in [0.1, 0.15) is 29.0 Å². The maximum Gasteiger partial charge on any atom is 0.352 e. The van der Waals surface area contributed by atoms with E-state index in [2.05, 4.69) is 4.13 Å². The molecule has 0 N–H and O–H groups in total. The lowest BCUT2D eigenvalue weighted by molar-refractivity contribution is -0.0180. The van der Waals surface area contributed by atoms with Gasteiger partial charge >= 0.3 is 5.25 Å². The van der Waals surface area contributed by atoms with Gasteiger partial charge in [-0.05, 0) is 111 Å². The second kappa shape index (κ2) is 11.0. The van der Waals surface area contributed by atoms with Crippen molar-refractivity contribution in [3.63, 3.8) is 0 Å². The van der Waals surface area contributed by atoms with Crippen LogP contribution in [-0.4, -0.2) is 58.5 Å². The largest absolute Gasteiger partial charge is 0.396 e. The molecule has 11 atom stereocenters. The fourth-order valence-corrected chi connectivity index (χ4v) is 16.7. The van der Waals surface area contributed by atoms with Gasteiger partial charge in [-0.3, -0.25) is 0 Å². The Morgan fingerprint density at radius 2 is 1.36 bits per heavy atom. The fraction of sp³-hybridized carbons (Fsp3) is 0.806. The van der Waals surface area contributed by atoms with Crippen LogP contribution < -0.4 is 4.18 Å². The molecule has 1 aromatic rings. The molecule has 11 unspecified atom stereocenters. The van der Waals surface area contributed by atoms with Crippen LogP contribution in [0.4, 0.5) is 8.78 Å². The summed E-state index contributed by atoms with van der Waals surface area (Å²) in [6, 6.07) is 6.92. The molecule has 1 heterocycles. The predicted octanol–water partition coefficient (Wildman–Crippen LogP) is 5.65. The lowest BCUT2D eigenvalue weighted by Crippen LogP contribution is -2.44. The average molecular weight is 674 g/mol. The molecule has 7 fully saturated rings. The predicted molar refractivity (Wildman–Crippen MR) is 161 cm³/mol. The first-order chi connectivity index (χ1) is 21.0. The van der Waals surface area contributed by atoms with Gasteiger partial charge in [-0.25, -0.2) is 16.8 Å². The molecule has 0 radical (unpaired) electrons. The minimum atomic E-state index is -5.77. The van der Waals surface area contributed by atoms with Gasteiger partial charge in [0.2, 0.25) is 10.3 Å². The van der Waals surface area contributed by atoms with E-state index in [1.807, 2.05) is 12.1 Å². The van der Waals surface area contributed by atoms with Crippen LogP contribution in [0.25, 0.3) is 4.13 Å². The normalized spacial score (nSPS) is 41.2. The second-order valence-corrected chi connectivity index (χ2v) is 20.0. The first kappa shape index (κ1) is 30.4. The quantitative estimate of drug-likeness (QED) is 0.208. The van der Waals surface area contributed by atoms with Crippen LogP contribution in [-0.2, 0) is 40.7 Å². The summed E-state index contributed by atoms with van der Waals surface area (Å²) in [6.07, 6.45) is 13.2. The molecule has 0 amide bonds. The molecule has 244 valence electrons. The fourth-order valence-electron chi connectivity index (χ4n) is 10.7. The van der Waals surface area contributed by atoms with Crippen molar-refractivity contribution in [2.45, 2.75) is 91.0 Å². The highest BCUT2D eigenvalue weighted by atomic mass is 32.3. The highest BCUT2D eigenvalue weighted by Gasteiger charge is 2.65. The van der Waals surface area contributed by atoms with Gasteiger partial charge in [-0.15, -0.1) is 0 Å². The van der Waals surface area contributed by atoms with Crippen molar-refractivity contribution in [2.75, 3.05) is 19.8 Å². The molecule has 1 saturated heterocycles. The molecule has 1 aliphatic heterocycles. The number of ether oxygens (including phenoxy) is 2. The van der Waals surface area contributed by atoms with Crippen molar-refractivity contribution >= 4 is 31.2 Å². The van der Waals surface area contributed by atoms with E-state index in [-0.39, 0.29) is 29.4 Å². The molecule has 7 aliphatic rings. The van der Waals surface area contributed by atoms with Crippen molar-refractivity contribution in [1.82, 2.24) is 0 Å². The molecular formula is C31H41F2NO7S3. The number of halogens is 2. The number of sulfonamides is 1. The Hall–Kier alpha value is -0.990. The van der Waals surface area contributed by atoms with Crippen molar-refractivity contribution < 1.29 is 39.3 Å². The highest BCUT2D eigenvalue weighted by molar-refractivity contribution is 8.10. The molecule has 6 aliphatic carbocycles. The number of epoxide rings is 1. The van der Waals surface area contributed by atoms with Gasteiger partial charge in [-0.2, -0.15) is 8.78 Å². The van der Waals surface area contributed by atoms with Crippen molar-refractivity contribution in [1.29, 1.82) is 0 Å². The summed E-state index contributed by atoms with van der Waals surface area (Å²) in [5, 5.41) is -3.21. The zero-order valence-corrected chi connectivity index (χ0v) is 27.1. The summed E-state index contributed by atoms with van der Waals surface area (Å²) >= 11 is 0. The van der Waals surface area contributed by atoms with Gasteiger partial charge in [0.25, 0.3) is 0 Å². The minimum absolute atomic E-state index is 0.0357. The standard InChI is InChI=1S/C31H41F2NO7S3/c32-31(33,17-39-15-21-16-40-21)43(35,36)34-44(37,38)41-20-7-9-22(10-8-20)42(29-13-18-11-27(29)25-5-1-3-23(18)25)30-14-19-12-28(30)26-6-2-4-24(19)26/h7-10,18-19,21,23-30H,1-6,11-17H2. The molecule has 1 aromatic carbocycles. The van der Waals surface area contributed by atoms with Crippen LogP contribution in [0.3, 0.4) is 0 Å². The Balaban J connectivity index is 0.996. The van der Waals surface area contributed by atoms with Crippen LogP contribution in [0.15, 0.2) is 29.2 Å². The minimum Gasteiger partial charge on any atom is -0.396 e. The van der Waals surface area contributed by atoms with Gasteiger partial charge in [0.15, 0.2) is 14.9 Å². The molecule has 8 nitrogen and oxygen atoms in total. The first-order valence-electron chi connectivity index (χ1n) is 16.3. The van der Waals surface area contributed by atoms with Gasteiger partial charge in [-0.1, -0.05) is 12.8 Å². The van der Waals surface area contributed by atoms with Crippen molar-refractivity contribution in [3.8, 4) is 5.75 Å². The lowest BCUT2D eigenvalue weighted by atomic mass is 9.81. The van der Waals surface area contributed by atoms with E-state index in [1.165, 1.54) is 81.2 Å². The van der Waals surface area contributed by atoms with Crippen LogP contribution in [0, 0.1) is 47.3 Å². The Morgan fingerprint density at radius 3 is 1.91 bits per heavy atom. The summed E-state index contributed by atoms with van der Waals surface area (Å²) < 4.78 is 94.9. The average Bonchev–Trinajstić information content (AvgIpc) is 3.56. The monoisotopic (exact) mass is 673 g/mol. The third kappa shape index (κ3) is 5.33.